The fourth-order valence-electron chi connectivity index (χ4n) is 3.71. The molecule has 0 spiro atoms. The first-order valence-corrected chi connectivity index (χ1v) is 12.8. The molecule has 0 atom stereocenters. The quantitative estimate of drug-likeness (QED) is 0.408. The van der Waals surface area contributed by atoms with Crippen LogP contribution < -0.4 is 26.6 Å². The van der Waals surface area contributed by atoms with E-state index < -0.39 is 11.2 Å². The summed E-state index contributed by atoms with van der Waals surface area (Å²) in [6.45, 7) is 8.94. The molecular formula is C25H33N5O4S. The molecule has 0 aliphatic heterocycles. The molecule has 1 aromatic carbocycles. The lowest BCUT2D eigenvalue weighted by Crippen LogP contribution is -2.41. The number of amides is 1. The number of nitrogens with zero attached hydrogens (tertiary/aromatic N) is 3. The molecule has 1 amide bonds. The average Bonchev–Trinajstić information content (AvgIpc) is 3.22. The number of unbranched alkanes of at least 4 members (excludes halogenated alkanes) is 2. The van der Waals surface area contributed by atoms with Crippen molar-refractivity contribution in [2.45, 2.75) is 59.9 Å². The summed E-state index contributed by atoms with van der Waals surface area (Å²) in [4.78, 5) is 47.8. The minimum atomic E-state index is -0.668. The van der Waals surface area contributed by atoms with E-state index in [1.165, 1.54) is 20.8 Å². The molecule has 9 nitrogen and oxygen atoms in total. The number of thiazole rings is 1. The van der Waals surface area contributed by atoms with Gasteiger partial charge in [-0.2, -0.15) is 0 Å². The molecule has 0 unspecified atom stereocenters. The van der Waals surface area contributed by atoms with E-state index in [1.807, 2.05) is 45.0 Å². The van der Waals surface area contributed by atoms with E-state index in [-0.39, 0.29) is 17.4 Å². The Kier molecular flexibility index (Phi) is 8.86. The van der Waals surface area contributed by atoms with E-state index in [2.05, 4.69) is 9.97 Å². The number of H-pyrrole nitrogens is 1. The van der Waals surface area contributed by atoms with Gasteiger partial charge in [-0.1, -0.05) is 26.7 Å². The second kappa shape index (κ2) is 11.8. The van der Waals surface area contributed by atoms with Crippen LogP contribution in [0.5, 0.6) is 5.75 Å². The van der Waals surface area contributed by atoms with Gasteiger partial charge in [-0.15, -0.1) is 11.3 Å². The zero-order chi connectivity index (χ0) is 25.5. The number of nitrogens with two attached hydrogens (primary N) is 1. The molecule has 0 aliphatic rings. The Balaban J connectivity index is 2.03. The molecule has 0 saturated carbocycles. The summed E-state index contributed by atoms with van der Waals surface area (Å²) in [6.07, 6.45) is 3.06. The Morgan fingerprint density at radius 2 is 1.83 bits per heavy atom. The number of nitrogen functional groups attached to an aromatic ring is 1. The maximum absolute atomic E-state index is 13.8. The van der Waals surface area contributed by atoms with Crippen molar-refractivity contribution in [1.29, 1.82) is 0 Å². The maximum Gasteiger partial charge on any atom is 0.330 e. The van der Waals surface area contributed by atoms with Crippen LogP contribution in [0.2, 0.25) is 0 Å². The zero-order valence-corrected chi connectivity index (χ0v) is 21.5. The molecule has 188 valence electrons. The number of hydrogen-bond acceptors (Lipinski definition) is 7. The number of rotatable bonds is 11. The highest BCUT2D eigenvalue weighted by Gasteiger charge is 2.28. The van der Waals surface area contributed by atoms with Crippen LogP contribution in [0.15, 0.2) is 33.9 Å². The number of anilines is 2. The van der Waals surface area contributed by atoms with Gasteiger partial charge >= 0.3 is 5.69 Å². The maximum atomic E-state index is 13.8. The molecule has 3 rings (SSSR count). The van der Waals surface area contributed by atoms with Crippen LogP contribution in [0, 0.1) is 6.92 Å². The third kappa shape index (κ3) is 5.82. The first kappa shape index (κ1) is 26.2. The van der Waals surface area contributed by atoms with E-state index in [1.54, 1.807) is 6.92 Å². The van der Waals surface area contributed by atoms with Crippen LogP contribution in [-0.4, -0.2) is 33.6 Å². The van der Waals surface area contributed by atoms with Crippen LogP contribution >= 0.6 is 11.3 Å². The van der Waals surface area contributed by atoms with Gasteiger partial charge in [0.15, 0.2) is 5.69 Å². The van der Waals surface area contributed by atoms with Gasteiger partial charge in [0.25, 0.3) is 11.5 Å². The van der Waals surface area contributed by atoms with Gasteiger partial charge in [-0.05, 0) is 51.0 Å². The van der Waals surface area contributed by atoms with Crippen LogP contribution in [0.4, 0.5) is 11.5 Å². The molecule has 0 saturated heterocycles. The highest BCUT2D eigenvalue weighted by atomic mass is 32.1. The first-order valence-electron chi connectivity index (χ1n) is 12.0. The van der Waals surface area contributed by atoms with Crippen molar-refractivity contribution in [2.24, 2.45) is 0 Å². The molecular weight excluding hydrogens is 466 g/mol. The predicted octanol–water partition coefficient (Wildman–Crippen LogP) is 4.20. The highest BCUT2D eigenvalue weighted by molar-refractivity contribution is 7.17. The Morgan fingerprint density at radius 1 is 1.14 bits per heavy atom. The molecule has 3 aromatic rings. The molecule has 35 heavy (non-hydrogen) atoms. The van der Waals surface area contributed by atoms with E-state index in [0.717, 1.165) is 30.6 Å². The van der Waals surface area contributed by atoms with Gasteiger partial charge in [-0.25, -0.2) is 9.78 Å². The van der Waals surface area contributed by atoms with Gasteiger partial charge in [0.2, 0.25) is 0 Å². The second-order valence-corrected chi connectivity index (χ2v) is 9.20. The Bertz CT molecular complexity index is 1280. The largest absolute Gasteiger partial charge is 0.494 e. The first-order chi connectivity index (χ1) is 16.8. The molecule has 0 bridgehead atoms. The van der Waals surface area contributed by atoms with Crippen molar-refractivity contribution in [3.8, 4) is 16.3 Å². The fraction of sp³-hybridized carbons (Fsp3) is 0.440. The van der Waals surface area contributed by atoms with Crippen LogP contribution in [0.1, 0.15) is 61.8 Å². The van der Waals surface area contributed by atoms with Gasteiger partial charge in [0.05, 0.1) is 12.3 Å². The number of aryl methyl sites for hydroxylation is 1. The van der Waals surface area contributed by atoms with Crippen molar-refractivity contribution in [1.82, 2.24) is 14.5 Å². The van der Waals surface area contributed by atoms with E-state index in [0.29, 0.717) is 41.7 Å². The lowest BCUT2D eigenvalue weighted by molar-refractivity contribution is 0.0989. The number of hydrogen-bond donors (Lipinski definition) is 2. The zero-order valence-electron chi connectivity index (χ0n) is 20.7. The number of aromatic amines is 1. The predicted molar refractivity (Wildman–Crippen MR) is 141 cm³/mol. The van der Waals surface area contributed by atoms with Gasteiger partial charge in [0, 0.05) is 18.7 Å². The van der Waals surface area contributed by atoms with Crippen LogP contribution in [0.25, 0.3) is 10.6 Å². The summed E-state index contributed by atoms with van der Waals surface area (Å²) in [7, 11) is 0. The molecule has 2 aromatic heterocycles. The smallest absolute Gasteiger partial charge is 0.330 e. The third-order valence-electron chi connectivity index (χ3n) is 5.60. The van der Waals surface area contributed by atoms with E-state index in [9.17, 15) is 14.4 Å². The van der Waals surface area contributed by atoms with E-state index >= 15 is 0 Å². The number of benzene rings is 1. The minimum Gasteiger partial charge on any atom is -0.494 e. The van der Waals surface area contributed by atoms with E-state index in [4.69, 9.17) is 10.5 Å². The van der Waals surface area contributed by atoms with Crippen LogP contribution in [-0.2, 0) is 6.54 Å². The van der Waals surface area contributed by atoms with Crippen LogP contribution in [0.3, 0.4) is 0 Å². The average molecular weight is 500 g/mol. The lowest BCUT2D eigenvalue weighted by Gasteiger charge is -2.24. The number of carbonyl (C=O) groups excluding carboxylic acids is 1. The number of aromatic nitrogens is 3. The molecule has 0 fully saturated rings. The fourth-order valence-corrected chi connectivity index (χ4v) is 4.73. The molecule has 0 aliphatic carbocycles. The monoisotopic (exact) mass is 499 g/mol. The Hall–Kier alpha value is -3.40. The molecule has 2 heterocycles. The number of ether oxygens (including phenoxy) is 1. The summed E-state index contributed by atoms with van der Waals surface area (Å²) >= 11 is 1.26. The summed E-state index contributed by atoms with van der Waals surface area (Å²) in [5.41, 5.74) is 6.52. The van der Waals surface area contributed by atoms with Gasteiger partial charge in [0.1, 0.15) is 21.5 Å². The van der Waals surface area contributed by atoms with Gasteiger partial charge in [-0.3, -0.25) is 24.0 Å². The van der Waals surface area contributed by atoms with Crippen molar-refractivity contribution >= 4 is 28.7 Å². The summed E-state index contributed by atoms with van der Waals surface area (Å²) in [5, 5.41) is 0.694. The van der Waals surface area contributed by atoms with Crippen molar-refractivity contribution < 1.29 is 9.53 Å². The minimum absolute atomic E-state index is 0.00515. The standard InChI is InChI=1S/C25H33N5O4S/c1-5-8-14-29(19-21(26)30(15-9-6-2)25(33)28-22(19)31)24(32)20-16(4)27-23(35-20)17-10-12-18(13-11-17)34-7-3/h10-13H,5-9,14-15,26H2,1-4H3,(H,28,31,33). The van der Waals surface area contributed by atoms with Crippen molar-refractivity contribution in [3.05, 3.63) is 55.7 Å². The number of carbonyl (C=O) groups is 1. The number of nitrogens with one attached hydrogen (secondary N) is 1. The van der Waals surface area contributed by atoms with Crippen molar-refractivity contribution in [2.75, 3.05) is 23.8 Å². The second-order valence-electron chi connectivity index (χ2n) is 8.20. The molecule has 3 N–H and O–H groups in total. The highest BCUT2D eigenvalue weighted by Crippen LogP contribution is 2.31. The third-order valence-corrected chi connectivity index (χ3v) is 6.80. The topological polar surface area (TPSA) is 123 Å². The Morgan fingerprint density at radius 3 is 2.46 bits per heavy atom. The SMILES string of the molecule is CCCCN(C(=O)c1sc(-c2ccc(OCC)cc2)nc1C)c1c(N)n(CCCC)c(=O)[nH]c1=O. The normalized spacial score (nSPS) is 11.0. The molecule has 0 radical (unpaired) electrons. The van der Waals surface area contributed by atoms with Gasteiger partial charge < -0.3 is 10.5 Å². The summed E-state index contributed by atoms with van der Waals surface area (Å²) < 4.78 is 6.83. The summed E-state index contributed by atoms with van der Waals surface area (Å²) in [5.74, 6) is 0.411. The summed E-state index contributed by atoms with van der Waals surface area (Å²) in [6, 6.07) is 7.53. The van der Waals surface area contributed by atoms with Crippen molar-refractivity contribution in [3.63, 3.8) is 0 Å². The lowest BCUT2D eigenvalue weighted by atomic mass is 10.2. The molecule has 10 heteroatoms. The Labute approximate surface area is 208 Å².